The molecule has 0 N–H and O–H groups in total. The topological polar surface area (TPSA) is 60.1 Å². The summed E-state index contributed by atoms with van der Waals surface area (Å²) in [6.07, 6.45) is 2.13. The number of hydrogen-bond acceptors (Lipinski definition) is 3. The van der Waals surface area contributed by atoms with Crippen LogP contribution >= 0.6 is 0 Å². The Kier molecular flexibility index (Phi) is 3.38. The first-order valence-corrected chi connectivity index (χ1v) is 10.9. The molecule has 0 radical (unpaired) electrons. The molecule has 2 aromatic rings. The predicted molar refractivity (Wildman–Crippen MR) is 109 cm³/mol. The van der Waals surface area contributed by atoms with E-state index in [0.717, 1.165) is 43.2 Å². The molecule has 0 spiro atoms. The van der Waals surface area contributed by atoms with Crippen LogP contribution in [0.25, 0.3) is 0 Å². The van der Waals surface area contributed by atoms with Gasteiger partial charge in [0.15, 0.2) is 0 Å². The number of rotatable bonds is 2. The average molecular weight is 393 g/mol. The van der Waals surface area contributed by atoms with Gasteiger partial charge in [0, 0.05) is 48.6 Å². The van der Waals surface area contributed by atoms with Gasteiger partial charge in [-0.1, -0.05) is 19.9 Å². The van der Waals surface area contributed by atoms with Crippen molar-refractivity contribution in [3.63, 3.8) is 0 Å². The Hall–Kier alpha value is -2.37. The van der Waals surface area contributed by atoms with Gasteiger partial charge >= 0.3 is 0 Å². The summed E-state index contributed by atoms with van der Waals surface area (Å²) >= 11 is 0. The number of pyridine rings is 1. The van der Waals surface area contributed by atoms with Gasteiger partial charge in [0.25, 0.3) is 5.56 Å². The summed E-state index contributed by atoms with van der Waals surface area (Å²) in [5.41, 5.74) is 5.38. The Morgan fingerprint density at radius 1 is 1.24 bits per heavy atom. The molecule has 6 heteroatoms. The van der Waals surface area contributed by atoms with Gasteiger partial charge < -0.3 is 9.47 Å². The smallest absolute Gasteiger partial charge is 0.250 e. The minimum Gasteiger partial charge on any atom is -0.340 e. The molecule has 29 heavy (non-hydrogen) atoms. The highest BCUT2D eigenvalue weighted by atomic mass is 16.2. The number of likely N-dealkylation sites (tertiary alicyclic amines) is 1. The highest BCUT2D eigenvalue weighted by molar-refractivity contribution is 5.76. The summed E-state index contributed by atoms with van der Waals surface area (Å²) in [4.78, 5) is 27.4. The summed E-state index contributed by atoms with van der Waals surface area (Å²) in [5.74, 6) is 2.14. The van der Waals surface area contributed by atoms with Crippen LogP contribution in [0.1, 0.15) is 54.7 Å². The van der Waals surface area contributed by atoms with Crippen LogP contribution in [0.5, 0.6) is 0 Å². The Bertz CT molecular complexity index is 1090. The van der Waals surface area contributed by atoms with Gasteiger partial charge in [0.2, 0.25) is 5.91 Å². The molecule has 2 aromatic heterocycles. The van der Waals surface area contributed by atoms with Crippen molar-refractivity contribution in [2.24, 2.45) is 17.3 Å². The van der Waals surface area contributed by atoms with Gasteiger partial charge in [0.05, 0.1) is 5.69 Å². The Morgan fingerprint density at radius 3 is 2.90 bits per heavy atom. The number of hydrogen-bond donors (Lipinski definition) is 0. The van der Waals surface area contributed by atoms with Gasteiger partial charge in [-0.3, -0.25) is 14.3 Å². The maximum Gasteiger partial charge on any atom is 0.250 e. The number of aryl methyl sites for hydroxylation is 1. The lowest BCUT2D eigenvalue weighted by Crippen LogP contribution is -2.49. The lowest BCUT2D eigenvalue weighted by Gasteiger charge is -2.42. The van der Waals surface area contributed by atoms with E-state index >= 15 is 0 Å². The van der Waals surface area contributed by atoms with Crippen LogP contribution in [0.4, 0.5) is 0 Å². The molecular weight excluding hydrogens is 364 g/mol. The zero-order valence-corrected chi connectivity index (χ0v) is 17.4. The van der Waals surface area contributed by atoms with Crippen LogP contribution in [0.3, 0.4) is 0 Å². The number of aromatic nitrogens is 3. The normalized spacial score (nSPS) is 30.5. The van der Waals surface area contributed by atoms with Crippen LogP contribution < -0.4 is 5.56 Å². The standard InChI is InChI=1S/C23H28N4O2/c1-13-21-18(8-16-22(21)23(16,2)3)27(24-13)12-20(29)25-9-14-7-15(11-25)17-5-4-6-19(28)26(17)10-14/h4-6,14-16,22H,7-12H2,1-3H3/t14-,15+,16-,22+/m0/s1. The first kappa shape index (κ1) is 17.5. The van der Waals surface area contributed by atoms with E-state index in [2.05, 4.69) is 20.8 Å². The summed E-state index contributed by atoms with van der Waals surface area (Å²) in [6, 6.07) is 5.53. The number of carbonyl (C=O) groups is 1. The lowest BCUT2D eigenvalue weighted by atomic mass is 9.83. The second-order valence-corrected chi connectivity index (χ2v) is 10.2. The van der Waals surface area contributed by atoms with Gasteiger partial charge in [-0.25, -0.2) is 0 Å². The molecule has 1 amide bonds. The molecule has 2 fully saturated rings. The predicted octanol–water partition coefficient (Wildman–Crippen LogP) is 2.29. The number of amides is 1. The van der Waals surface area contributed by atoms with Gasteiger partial charge in [-0.05, 0) is 49.0 Å². The third-order valence-corrected chi connectivity index (χ3v) is 8.18. The van der Waals surface area contributed by atoms with Crippen LogP contribution in [0.2, 0.25) is 0 Å². The van der Waals surface area contributed by atoms with Crippen molar-refractivity contribution in [3.05, 3.63) is 51.2 Å². The number of piperidine rings is 1. The largest absolute Gasteiger partial charge is 0.340 e. The molecule has 152 valence electrons. The summed E-state index contributed by atoms with van der Waals surface area (Å²) in [6.45, 7) is 9.32. The van der Waals surface area contributed by atoms with E-state index in [1.807, 2.05) is 26.3 Å². The van der Waals surface area contributed by atoms with Crippen molar-refractivity contribution in [2.75, 3.05) is 13.1 Å². The van der Waals surface area contributed by atoms with E-state index in [4.69, 9.17) is 5.10 Å². The minimum absolute atomic E-state index is 0.0843. The molecule has 0 aromatic carbocycles. The van der Waals surface area contributed by atoms with Crippen LogP contribution in [0.15, 0.2) is 23.0 Å². The molecule has 2 aliphatic heterocycles. The number of carbonyl (C=O) groups excluding carboxylic acids is 1. The zero-order chi connectivity index (χ0) is 20.1. The number of nitrogens with zero attached hydrogens (tertiary/aromatic N) is 4. The highest BCUT2D eigenvalue weighted by Crippen LogP contribution is 2.70. The van der Waals surface area contributed by atoms with Crippen LogP contribution in [0, 0.1) is 24.2 Å². The molecule has 2 aliphatic carbocycles. The van der Waals surface area contributed by atoms with Gasteiger partial charge in [-0.2, -0.15) is 5.10 Å². The average Bonchev–Trinajstić information content (AvgIpc) is 3.00. The summed E-state index contributed by atoms with van der Waals surface area (Å²) in [7, 11) is 0. The van der Waals surface area contributed by atoms with E-state index < -0.39 is 0 Å². The molecule has 6 rings (SSSR count). The molecule has 1 saturated heterocycles. The van der Waals surface area contributed by atoms with Crippen molar-refractivity contribution >= 4 is 5.91 Å². The van der Waals surface area contributed by atoms with E-state index in [0.29, 0.717) is 30.3 Å². The first-order chi connectivity index (χ1) is 13.8. The van der Waals surface area contributed by atoms with E-state index in [-0.39, 0.29) is 17.4 Å². The monoisotopic (exact) mass is 392 g/mol. The molecule has 4 atom stereocenters. The third-order valence-electron chi connectivity index (χ3n) is 8.18. The minimum atomic E-state index is 0.0843. The van der Waals surface area contributed by atoms with Crippen molar-refractivity contribution < 1.29 is 4.79 Å². The fourth-order valence-corrected chi connectivity index (χ4v) is 6.63. The van der Waals surface area contributed by atoms with E-state index in [9.17, 15) is 9.59 Å². The lowest BCUT2D eigenvalue weighted by molar-refractivity contribution is -0.134. The van der Waals surface area contributed by atoms with Gasteiger partial charge in [-0.15, -0.1) is 0 Å². The summed E-state index contributed by atoms with van der Waals surface area (Å²) < 4.78 is 3.90. The second-order valence-electron chi connectivity index (χ2n) is 10.2. The first-order valence-electron chi connectivity index (χ1n) is 10.9. The van der Waals surface area contributed by atoms with Crippen molar-refractivity contribution in [1.82, 2.24) is 19.2 Å². The van der Waals surface area contributed by atoms with Crippen molar-refractivity contribution in [1.29, 1.82) is 0 Å². The Balaban J connectivity index is 1.23. The second kappa shape index (κ2) is 5.61. The maximum atomic E-state index is 13.2. The van der Waals surface area contributed by atoms with Crippen molar-refractivity contribution in [3.8, 4) is 0 Å². The quantitative estimate of drug-likeness (QED) is 0.788. The number of fused-ring (bicyclic) bond motifs is 7. The highest BCUT2D eigenvalue weighted by Gasteiger charge is 2.63. The zero-order valence-electron chi connectivity index (χ0n) is 17.4. The Labute approximate surface area is 170 Å². The molecule has 0 unspecified atom stereocenters. The fraction of sp³-hybridized carbons (Fsp3) is 0.609. The molecule has 4 heterocycles. The summed E-state index contributed by atoms with van der Waals surface area (Å²) in [5, 5.41) is 4.75. The molecule has 1 saturated carbocycles. The van der Waals surface area contributed by atoms with E-state index in [1.54, 1.807) is 6.07 Å². The Morgan fingerprint density at radius 2 is 2.07 bits per heavy atom. The van der Waals surface area contributed by atoms with Gasteiger partial charge in [0.1, 0.15) is 6.54 Å². The molecule has 6 nitrogen and oxygen atoms in total. The molecule has 4 aliphatic rings. The molecule has 2 bridgehead atoms. The SMILES string of the molecule is Cc1nn(CC(=O)N2C[C@@H]3C[C@H](C2)c2cccc(=O)n2C3)c2c1[C@H]1[C@H](C2)C1(C)C. The third kappa shape index (κ3) is 2.37. The van der Waals surface area contributed by atoms with Crippen LogP contribution in [-0.2, 0) is 24.3 Å². The van der Waals surface area contributed by atoms with Crippen LogP contribution in [-0.4, -0.2) is 38.2 Å². The fourth-order valence-electron chi connectivity index (χ4n) is 6.63. The molecular formula is C23H28N4O2. The van der Waals surface area contributed by atoms with Crippen molar-refractivity contribution in [2.45, 2.75) is 58.5 Å². The maximum absolute atomic E-state index is 13.2. The van der Waals surface area contributed by atoms with E-state index in [1.165, 1.54) is 11.3 Å².